The molecule has 4 nitrogen and oxygen atoms in total. The minimum atomic E-state index is -0.244. The van der Waals surface area contributed by atoms with Gasteiger partial charge in [0.25, 0.3) is 5.91 Å². The average Bonchev–Trinajstić information content (AvgIpc) is 3.14. The summed E-state index contributed by atoms with van der Waals surface area (Å²) in [5.74, 6) is 1.69. The van der Waals surface area contributed by atoms with Gasteiger partial charge in [-0.1, -0.05) is 30.4 Å². The lowest BCUT2D eigenvalue weighted by molar-refractivity contribution is 0.0946. The van der Waals surface area contributed by atoms with Crippen LogP contribution in [-0.2, 0) is 0 Å². The number of amides is 1. The predicted octanol–water partition coefficient (Wildman–Crippen LogP) is 2.47. The van der Waals surface area contributed by atoms with Gasteiger partial charge in [0.15, 0.2) is 0 Å². The Bertz CT molecular complexity index is 821. The average molecular weight is 294 g/mol. The third-order valence-corrected chi connectivity index (χ3v) is 4.94. The first-order chi connectivity index (χ1) is 10.7. The molecule has 112 valence electrons. The van der Waals surface area contributed by atoms with Crippen LogP contribution in [0.2, 0.25) is 0 Å². The molecule has 3 atom stereocenters. The number of hydrogen-bond acceptors (Lipinski definition) is 2. The molecule has 2 aliphatic carbocycles. The molecule has 2 bridgehead atoms. The van der Waals surface area contributed by atoms with E-state index in [2.05, 4.69) is 22.5 Å². The molecule has 1 saturated carbocycles. The molecule has 4 heteroatoms. The van der Waals surface area contributed by atoms with E-state index in [0.29, 0.717) is 35.4 Å². The van der Waals surface area contributed by atoms with Gasteiger partial charge in [-0.25, -0.2) is 0 Å². The number of aromatic nitrogens is 1. The van der Waals surface area contributed by atoms with Crippen molar-refractivity contribution in [1.82, 2.24) is 10.3 Å². The van der Waals surface area contributed by atoms with E-state index in [4.69, 9.17) is 0 Å². The maximum Gasteiger partial charge on any atom is 0.252 e. The van der Waals surface area contributed by atoms with Crippen molar-refractivity contribution in [1.29, 1.82) is 0 Å². The smallest absolute Gasteiger partial charge is 0.252 e. The Kier molecular flexibility index (Phi) is 3.10. The van der Waals surface area contributed by atoms with Crippen molar-refractivity contribution >= 4 is 16.8 Å². The number of rotatable bonds is 3. The predicted molar refractivity (Wildman–Crippen MR) is 85.7 cm³/mol. The second-order valence-corrected chi connectivity index (χ2v) is 6.34. The van der Waals surface area contributed by atoms with Crippen molar-refractivity contribution in [2.45, 2.75) is 12.8 Å². The lowest BCUT2D eigenvalue weighted by Gasteiger charge is -2.18. The number of benzene rings is 1. The first-order valence-corrected chi connectivity index (χ1v) is 7.79. The minimum Gasteiger partial charge on any atom is -0.352 e. The first-order valence-electron chi connectivity index (χ1n) is 7.79. The quantitative estimate of drug-likeness (QED) is 0.854. The Morgan fingerprint density at radius 1 is 1.23 bits per heavy atom. The Balaban J connectivity index is 1.55. The molecule has 0 saturated heterocycles. The van der Waals surface area contributed by atoms with Crippen molar-refractivity contribution < 1.29 is 4.79 Å². The Morgan fingerprint density at radius 2 is 2.09 bits per heavy atom. The number of H-pyrrole nitrogens is 1. The molecule has 1 aromatic carbocycles. The van der Waals surface area contributed by atoms with E-state index in [9.17, 15) is 9.59 Å². The number of nitrogens with one attached hydrogen (secondary N) is 2. The fraction of sp³-hybridized carbons (Fsp3) is 0.333. The van der Waals surface area contributed by atoms with Crippen LogP contribution in [0.4, 0.5) is 0 Å². The van der Waals surface area contributed by atoms with E-state index in [1.165, 1.54) is 12.5 Å². The molecule has 0 spiro atoms. The number of allylic oxidation sites excluding steroid dienone is 2. The molecule has 0 radical (unpaired) electrons. The maximum absolute atomic E-state index is 12.5. The van der Waals surface area contributed by atoms with Gasteiger partial charge in [0.2, 0.25) is 5.56 Å². The fourth-order valence-corrected chi connectivity index (χ4v) is 3.84. The highest BCUT2D eigenvalue weighted by molar-refractivity contribution is 6.05. The number of carbonyl (C=O) groups excluding carboxylic acids is 1. The minimum absolute atomic E-state index is 0.158. The van der Waals surface area contributed by atoms with Crippen LogP contribution in [0.25, 0.3) is 10.9 Å². The number of hydrogen-bond donors (Lipinski definition) is 2. The van der Waals surface area contributed by atoms with Crippen LogP contribution in [0, 0.1) is 17.8 Å². The third-order valence-electron chi connectivity index (χ3n) is 4.94. The van der Waals surface area contributed by atoms with E-state index < -0.39 is 0 Å². The molecule has 4 rings (SSSR count). The summed E-state index contributed by atoms with van der Waals surface area (Å²) in [7, 11) is 0. The second-order valence-electron chi connectivity index (χ2n) is 6.34. The van der Waals surface area contributed by atoms with E-state index in [1.807, 2.05) is 24.3 Å². The molecular weight excluding hydrogens is 276 g/mol. The topological polar surface area (TPSA) is 62.0 Å². The Morgan fingerprint density at radius 3 is 2.86 bits per heavy atom. The van der Waals surface area contributed by atoms with Crippen LogP contribution in [0.15, 0.2) is 47.3 Å². The van der Waals surface area contributed by atoms with Crippen LogP contribution in [-0.4, -0.2) is 17.4 Å². The van der Waals surface area contributed by atoms with E-state index >= 15 is 0 Å². The van der Waals surface area contributed by atoms with Gasteiger partial charge in [0.1, 0.15) is 0 Å². The summed E-state index contributed by atoms with van der Waals surface area (Å²) in [5.41, 5.74) is 0.910. The largest absolute Gasteiger partial charge is 0.352 e. The summed E-state index contributed by atoms with van der Waals surface area (Å²) >= 11 is 0. The standard InChI is InChI=1S/C18H18N2O2/c21-17-9-15(14-3-1-2-4-16(14)20-17)18(22)19-10-13-8-11-5-6-12(13)7-11/h1-6,9,11-13H,7-8,10H2,(H,19,22)(H,20,21)/t11-,12-,13+/m0/s1. The SMILES string of the molecule is O=C(NC[C@H]1C[C@H]2C=C[C@H]1C2)c1cc(=O)[nH]c2ccccc12. The number of carbonyl (C=O) groups is 1. The molecule has 1 aromatic heterocycles. The third kappa shape index (κ3) is 2.25. The van der Waals surface area contributed by atoms with Gasteiger partial charge in [0, 0.05) is 23.5 Å². The van der Waals surface area contributed by atoms with Gasteiger partial charge in [-0.3, -0.25) is 9.59 Å². The maximum atomic E-state index is 12.5. The van der Waals surface area contributed by atoms with Crippen LogP contribution >= 0.6 is 0 Å². The number of pyridine rings is 1. The molecule has 22 heavy (non-hydrogen) atoms. The van der Waals surface area contributed by atoms with Gasteiger partial charge in [-0.2, -0.15) is 0 Å². The Hall–Kier alpha value is -2.36. The van der Waals surface area contributed by atoms with E-state index in [0.717, 1.165) is 11.8 Å². The summed E-state index contributed by atoms with van der Waals surface area (Å²) in [6.07, 6.45) is 6.98. The molecule has 2 N–H and O–H groups in total. The van der Waals surface area contributed by atoms with Crippen LogP contribution in [0.1, 0.15) is 23.2 Å². The molecule has 1 fully saturated rings. The molecule has 0 unspecified atom stereocenters. The van der Waals surface area contributed by atoms with Crippen molar-refractivity contribution in [2.75, 3.05) is 6.54 Å². The van der Waals surface area contributed by atoms with Gasteiger partial charge in [-0.05, 0) is 36.7 Å². The van der Waals surface area contributed by atoms with Gasteiger partial charge < -0.3 is 10.3 Å². The second kappa shape index (κ2) is 5.13. The number of aromatic amines is 1. The van der Waals surface area contributed by atoms with E-state index in [1.54, 1.807) is 0 Å². The molecule has 0 aliphatic heterocycles. The van der Waals surface area contributed by atoms with Crippen LogP contribution in [0.3, 0.4) is 0 Å². The zero-order valence-corrected chi connectivity index (χ0v) is 12.2. The van der Waals surface area contributed by atoms with Crippen LogP contribution in [0.5, 0.6) is 0 Å². The highest BCUT2D eigenvalue weighted by atomic mass is 16.2. The van der Waals surface area contributed by atoms with Crippen molar-refractivity contribution in [3.05, 3.63) is 58.4 Å². The summed E-state index contributed by atoms with van der Waals surface area (Å²) < 4.78 is 0. The highest BCUT2D eigenvalue weighted by Gasteiger charge is 2.35. The van der Waals surface area contributed by atoms with Crippen molar-refractivity contribution in [3.8, 4) is 0 Å². The lowest BCUT2D eigenvalue weighted by Crippen LogP contribution is -2.31. The highest BCUT2D eigenvalue weighted by Crippen LogP contribution is 2.42. The van der Waals surface area contributed by atoms with Crippen molar-refractivity contribution in [2.24, 2.45) is 17.8 Å². The van der Waals surface area contributed by atoms with Crippen molar-refractivity contribution in [3.63, 3.8) is 0 Å². The first kappa shape index (κ1) is 13.3. The van der Waals surface area contributed by atoms with Gasteiger partial charge >= 0.3 is 0 Å². The summed E-state index contributed by atoms with van der Waals surface area (Å²) in [5, 5.41) is 3.80. The van der Waals surface area contributed by atoms with Crippen LogP contribution < -0.4 is 10.9 Å². The molecule has 1 amide bonds. The zero-order chi connectivity index (χ0) is 15.1. The molecule has 2 aliphatic rings. The molecule has 1 heterocycles. The summed E-state index contributed by atoms with van der Waals surface area (Å²) in [6, 6.07) is 8.78. The monoisotopic (exact) mass is 294 g/mol. The normalized spacial score (nSPS) is 25.7. The fourth-order valence-electron chi connectivity index (χ4n) is 3.84. The number of fused-ring (bicyclic) bond motifs is 3. The summed E-state index contributed by atoms with van der Waals surface area (Å²) in [4.78, 5) is 27.0. The zero-order valence-electron chi connectivity index (χ0n) is 12.2. The lowest BCUT2D eigenvalue weighted by atomic mass is 9.93. The summed E-state index contributed by atoms with van der Waals surface area (Å²) in [6.45, 7) is 0.686. The molecular formula is C18H18N2O2. The molecule has 2 aromatic rings. The Labute approximate surface area is 128 Å². The number of para-hydroxylation sites is 1. The van der Waals surface area contributed by atoms with Gasteiger partial charge in [0.05, 0.1) is 5.56 Å². The van der Waals surface area contributed by atoms with E-state index in [-0.39, 0.29) is 11.5 Å². The van der Waals surface area contributed by atoms with Gasteiger partial charge in [-0.15, -0.1) is 0 Å².